The van der Waals surface area contributed by atoms with E-state index in [1.54, 1.807) is 0 Å². The van der Waals surface area contributed by atoms with Crippen LogP contribution in [0, 0.1) is 5.92 Å². The highest BCUT2D eigenvalue weighted by atomic mass is 32.2. The third kappa shape index (κ3) is 5.01. The van der Waals surface area contributed by atoms with Gasteiger partial charge in [0.15, 0.2) is 0 Å². The summed E-state index contributed by atoms with van der Waals surface area (Å²) in [5.41, 5.74) is 4.60. The standard InChI is InChI=1S/C30H35N3O2S/c1-3-22-20-26(31-25-12-10-24(11-13-25)30(14-7-15-30)29(34)35-2)21-27(23-8-5-4-6-9-23)32-28(22)33-16-18-36-19-17-33/h4-6,8-13,21-22H,3,7,14-20H2,1-2H3. The Labute approximate surface area is 218 Å². The maximum Gasteiger partial charge on any atom is 0.316 e. The molecule has 1 atom stereocenters. The number of ether oxygens (including phenoxy) is 1. The van der Waals surface area contributed by atoms with Gasteiger partial charge in [0, 0.05) is 41.8 Å². The van der Waals surface area contributed by atoms with Crippen LogP contribution in [0.15, 0.2) is 70.7 Å². The molecule has 5 rings (SSSR count). The number of methoxy groups -OCH3 is 1. The minimum atomic E-state index is -0.480. The van der Waals surface area contributed by atoms with Crippen molar-refractivity contribution in [1.82, 2.24) is 4.90 Å². The van der Waals surface area contributed by atoms with Gasteiger partial charge in [-0.1, -0.05) is 55.8 Å². The average Bonchev–Trinajstić information content (AvgIpc) is 3.09. The third-order valence-electron chi connectivity index (χ3n) is 7.73. The highest BCUT2D eigenvalue weighted by Gasteiger charge is 2.46. The summed E-state index contributed by atoms with van der Waals surface area (Å²) < 4.78 is 5.12. The summed E-state index contributed by atoms with van der Waals surface area (Å²) in [5, 5.41) is 0. The van der Waals surface area contributed by atoms with Crippen LogP contribution in [0.1, 0.15) is 50.2 Å². The summed E-state index contributed by atoms with van der Waals surface area (Å²) >= 11 is 2.02. The zero-order valence-electron chi connectivity index (χ0n) is 21.3. The molecule has 0 spiro atoms. The van der Waals surface area contributed by atoms with Crippen molar-refractivity contribution >= 4 is 40.7 Å². The molecule has 2 aliphatic heterocycles. The molecule has 6 heteroatoms. The van der Waals surface area contributed by atoms with Crippen molar-refractivity contribution in [2.45, 2.75) is 44.4 Å². The Morgan fingerprint density at radius 1 is 1.11 bits per heavy atom. The van der Waals surface area contributed by atoms with Crippen LogP contribution >= 0.6 is 11.8 Å². The number of amidine groups is 1. The van der Waals surface area contributed by atoms with Crippen LogP contribution in [0.3, 0.4) is 0 Å². The predicted molar refractivity (Wildman–Crippen MR) is 150 cm³/mol. The zero-order chi connectivity index (χ0) is 25.0. The lowest BCUT2D eigenvalue weighted by molar-refractivity contribution is -0.151. The van der Waals surface area contributed by atoms with Crippen molar-refractivity contribution in [3.05, 3.63) is 71.8 Å². The van der Waals surface area contributed by atoms with Gasteiger partial charge in [-0.25, -0.2) is 4.99 Å². The molecule has 1 saturated carbocycles. The number of hydrogen-bond donors (Lipinski definition) is 0. The van der Waals surface area contributed by atoms with E-state index in [-0.39, 0.29) is 5.97 Å². The quantitative estimate of drug-likeness (QED) is 0.453. The largest absolute Gasteiger partial charge is 0.468 e. The van der Waals surface area contributed by atoms with Gasteiger partial charge in [0.2, 0.25) is 0 Å². The number of aliphatic imine (C=N–C) groups is 2. The molecule has 1 saturated heterocycles. The van der Waals surface area contributed by atoms with Gasteiger partial charge in [0.25, 0.3) is 0 Å². The summed E-state index contributed by atoms with van der Waals surface area (Å²) in [6.07, 6.45) is 6.82. The van der Waals surface area contributed by atoms with E-state index in [9.17, 15) is 4.79 Å². The van der Waals surface area contributed by atoms with E-state index >= 15 is 0 Å². The molecule has 0 amide bonds. The number of hydrogen-bond acceptors (Lipinski definition) is 6. The van der Waals surface area contributed by atoms with Crippen LogP contribution < -0.4 is 0 Å². The Bertz CT molecular complexity index is 1160. The number of thioether (sulfide) groups is 1. The van der Waals surface area contributed by atoms with Gasteiger partial charge in [0.05, 0.1) is 23.9 Å². The van der Waals surface area contributed by atoms with Crippen molar-refractivity contribution in [2.24, 2.45) is 15.9 Å². The molecule has 3 aliphatic rings. The van der Waals surface area contributed by atoms with Gasteiger partial charge in [0.1, 0.15) is 5.84 Å². The molecule has 1 aliphatic carbocycles. The van der Waals surface area contributed by atoms with Gasteiger partial charge < -0.3 is 9.64 Å². The van der Waals surface area contributed by atoms with Gasteiger partial charge in [-0.3, -0.25) is 9.79 Å². The van der Waals surface area contributed by atoms with Crippen LogP contribution in [-0.2, 0) is 14.9 Å². The van der Waals surface area contributed by atoms with Crippen molar-refractivity contribution in [3.63, 3.8) is 0 Å². The molecule has 2 heterocycles. The fourth-order valence-corrected chi connectivity index (χ4v) is 6.35. The second kappa shape index (κ2) is 11.0. The first-order chi connectivity index (χ1) is 17.6. The molecule has 188 valence electrons. The number of esters is 1. The Hall–Kier alpha value is -2.86. The summed E-state index contributed by atoms with van der Waals surface area (Å²) in [6.45, 7) is 4.36. The molecule has 0 bridgehead atoms. The Morgan fingerprint density at radius 3 is 2.44 bits per heavy atom. The van der Waals surface area contributed by atoms with Gasteiger partial charge >= 0.3 is 5.97 Å². The summed E-state index contributed by atoms with van der Waals surface area (Å²) in [7, 11) is 1.48. The molecule has 0 radical (unpaired) electrons. The third-order valence-corrected chi connectivity index (χ3v) is 8.67. The molecule has 36 heavy (non-hydrogen) atoms. The average molecular weight is 502 g/mol. The molecule has 2 aromatic carbocycles. The molecule has 1 unspecified atom stereocenters. The Morgan fingerprint density at radius 2 is 1.83 bits per heavy atom. The molecule has 5 nitrogen and oxygen atoms in total. The first kappa shape index (κ1) is 24.8. The Kier molecular flexibility index (Phi) is 7.61. The van der Waals surface area contributed by atoms with E-state index in [1.165, 1.54) is 12.9 Å². The first-order valence-corrected chi connectivity index (χ1v) is 14.2. The van der Waals surface area contributed by atoms with Crippen LogP contribution in [-0.4, -0.2) is 54.1 Å². The van der Waals surface area contributed by atoms with Crippen LogP contribution in [0.2, 0.25) is 0 Å². The minimum absolute atomic E-state index is 0.126. The highest BCUT2D eigenvalue weighted by molar-refractivity contribution is 7.99. The molecular weight excluding hydrogens is 466 g/mol. The first-order valence-electron chi connectivity index (χ1n) is 13.1. The molecule has 2 aromatic rings. The van der Waals surface area contributed by atoms with E-state index < -0.39 is 5.41 Å². The van der Waals surface area contributed by atoms with E-state index in [1.807, 2.05) is 30.0 Å². The molecule has 0 N–H and O–H groups in total. The Balaban J connectivity index is 1.48. The lowest BCUT2D eigenvalue weighted by Gasteiger charge is -2.39. The van der Waals surface area contributed by atoms with E-state index in [0.717, 1.165) is 84.9 Å². The van der Waals surface area contributed by atoms with Crippen LogP contribution in [0.5, 0.6) is 0 Å². The van der Waals surface area contributed by atoms with Crippen LogP contribution in [0.25, 0.3) is 5.70 Å². The SMILES string of the molecule is CCC1CC(=Nc2ccc(C3(C(=O)OC)CCC3)cc2)C=C(c2ccccc2)N=C1N1CCSCC1. The van der Waals surface area contributed by atoms with Crippen LogP contribution in [0.4, 0.5) is 5.69 Å². The maximum atomic E-state index is 12.5. The van der Waals surface area contributed by atoms with Gasteiger partial charge in [-0.2, -0.15) is 11.8 Å². The van der Waals surface area contributed by atoms with E-state index in [2.05, 4.69) is 54.3 Å². The summed E-state index contributed by atoms with van der Waals surface area (Å²) in [6, 6.07) is 18.6. The summed E-state index contributed by atoms with van der Waals surface area (Å²) in [4.78, 5) is 25.3. The second-order valence-electron chi connectivity index (χ2n) is 9.85. The van der Waals surface area contributed by atoms with Crippen molar-refractivity contribution in [3.8, 4) is 0 Å². The smallest absolute Gasteiger partial charge is 0.316 e. The highest BCUT2D eigenvalue weighted by Crippen LogP contribution is 2.45. The maximum absolute atomic E-state index is 12.5. The van der Waals surface area contributed by atoms with Gasteiger partial charge in [-0.05, 0) is 49.5 Å². The number of rotatable bonds is 5. The minimum Gasteiger partial charge on any atom is -0.468 e. The fraction of sp³-hybridized carbons (Fsp3) is 0.433. The lowest BCUT2D eigenvalue weighted by atomic mass is 9.64. The van der Waals surface area contributed by atoms with Crippen molar-refractivity contribution in [2.75, 3.05) is 31.7 Å². The molecule has 2 fully saturated rings. The molecule has 0 aromatic heterocycles. The number of carbonyl (C=O) groups excluding carboxylic acids is 1. The fourth-order valence-electron chi connectivity index (χ4n) is 5.45. The zero-order valence-corrected chi connectivity index (χ0v) is 22.1. The van der Waals surface area contributed by atoms with Gasteiger partial charge in [-0.15, -0.1) is 0 Å². The van der Waals surface area contributed by atoms with E-state index in [0.29, 0.717) is 5.92 Å². The monoisotopic (exact) mass is 501 g/mol. The van der Waals surface area contributed by atoms with Crippen molar-refractivity contribution in [1.29, 1.82) is 0 Å². The topological polar surface area (TPSA) is 54.3 Å². The second-order valence-corrected chi connectivity index (χ2v) is 11.1. The number of allylic oxidation sites excluding steroid dienone is 1. The summed E-state index contributed by atoms with van der Waals surface area (Å²) in [5.74, 6) is 3.72. The number of nitrogens with zero attached hydrogens (tertiary/aromatic N) is 3. The lowest BCUT2D eigenvalue weighted by Crippen LogP contribution is -2.43. The predicted octanol–water partition coefficient (Wildman–Crippen LogP) is 6.27. The van der Waals surface area contributed by atoms with E-state index in [4.69, 9.17) is 14.7 Å². The molecular formula is C30H35N3O2S. The normalized spacial score (nSPS) is 22.8. The number of carbonyl (C=O) groups is 1. The number of benzene rings is 2. The van der Waals surface area contributed by atoms with Crippen molar-refractivity contribution < 1.29 is 9.53 Å².